The van der Waals surface area contributed by atoms with Crippen molar-refractivity contribution in [2.45, 2.75) is 32.6 Å². The summed E-state index contributed by atoms with van der Waals surface area (Å²) in [6.45, 7) is 12.2. The molecule has 146 valence electrons. The molecule has 5 nitrogen and oxygen atoms in total. The molecule has 1 fully saturated rings. The molecule has 0 aromatic heterocycles. The van der Waals surface area contributed by atoms with Crippen LogP contribution in [0.3, 0.4) is 0 Å². The maximum absolute atomic E-state index is 4.35. The highest BCUT2D eigenvalue weighted by molar-refractivity contribution is 5.79. The largest absolute Gasteiger partial charge is 0.356 e. The van der Waals surface area contributed by atoms with Crippen LogP contribution in [0.1, 0.15) is 36.8 Å². The highest BCUT2D eigenvalue weighted by atomic mass is 15.2. The summed E-state index contributed by atoms with van der Waals surface area (Å²) in [6.07, 6.45) is 2.43. The van der Waals surface area contributed by atoms with Gasteiger partial charge in [-0.25, -0.2) is 0 Å². The Labute approximate surface area is 159 Å². The number of benzene rings is 1. The maximum atomic E-state index is 4.35. The lowest BCUT2D eigenvalue weighted by Crippen LogP contribution is -2.40. The fourth-order valence-electron chi connectivity index (χ4n) is 3.32. The van der Waals surface area contributed by atoms with Gasteiger partial charge in [0.25, 0.3) is 0 Å². The molecule has 0 bridgehead atoms. The van der Waals surface area contributed by atoms with Gasteiger partial charge in [-0.2, -0.15) is 0 Å². The third-order valence-corrected chi connectivity index (χ3v) is 5.20. The number of nitrogens with zero attached hydrogens (tertiary/aromatic N) is 3. The predicted molar refractivity (Wildman–Crippen MR) is 112 cm³/mol. The third kappa shape index (κ3) is 7.34. The molecule has 0 saturated carbocycles. The first kappa shape index (κ1) is 20.7. The molecule has 1 unspecified atom stereocenters. The van der Waals surface area contributed by atoms with Gasteiger partial charge in [-0.3, -0.25) is 4.99 Å². The molecular weight excluding hydrogens is 322 g/mol. The molecule has 0 spiro atoms. The van der Waals surface area contributed by atoms with Crippen molar-refractivity contribution in [3.63, 3.8) is 0 Å². The van der Waals surface area contributed by atoms with Crippen molar-refractivity contribution in [2.24, 2.45) is 4.99 Å². The van der Waals surface area contributed by atoms with Gasteiger partial charge in [0.05, 0.1) is 0 Å². The molecule has 26 heavy (non-hydrogen) atoms. The Hall–Kier alpha value is -1.59. The summed E-state index contributed by atoms with van der Waals surface area (Å²) in [7, 11) is 4.06. The molecule has 0 radical (unpaired) electrons. The Bertz CT molecular complexity index is 540. The Morgan fingerprint density at radius 2 is 1.88 bits per heavy atom. The standard InChI is InChI=1S/C21H37N5/c1-18-7-9-20(10-8-18)19(2)17-24-21(22-3)23-11-5-13-26-14-6-12-25(4)15-16-26/h7-10,19H,5-6,11-17H2,1-4H3,(H2,22,23,24). The van der Waals surface area contributed by atoms with Crippen LogP contribution in [-0.4, -0.2) is 75.7 Å². The van der Waals surface area contributed by atoms with E-state index in [0.29, 0.717) is 5.92 Å². The van der Waals surface area contributed by atoms with Gasteiger partial charge in [-0.05, 0) is 57.9 Å². The SMILES string of the molecule is CN=C(NCCCN1CCCN(C)CC1)NCC(C)c1ccc(C)cc1. The van der Waals surface area contributed by atoms with Crippen LogP contribution in [0.4, 0.5) is 0 Å². The van der Waals surface area contributed by atoms with E-state index in [9.17, 15) is 0 Å². The van der Waals surface area contributed by atoms with E-state index in [1.54, 1.807) is 0 Å². The van der Waals surface area contributed by atoms with Crippen molar-refractivity contribution in [3.05, 3.63) is 35.4 Å². The first-order valence-electron chi connectivity index (χ1n) is 10.0. The fourth-order valence-corrected chi connectivity index (χ4v) is 3.32. The van der Waals surface area contributed by atoms with Gasteiger partial charge in [-0.1, -0.05) is 36.8 Å². The Balaban J connectivity index is 1.63. The van der Waals surface area contributed by atoms with E-state index in [1.807, 2.05) is 7.05 Å². The van der Waals surface area contributed by atoms with Crippen LogP contribution in [0.2, 0.25) is 0 Å². The molecule has 0 amide bonds. The number of hydrogen-bond donors (Lipinski definition) is 2. The van der Waals surface area contributed by atoms with E-state index in [4.69, 9.17) is 0 Å². The lowest BCUT2D eigenvalue weighted by molar-refractivity contribution is 0.274. The number of aliphatic imine (C=N–C) groups is 1. The van der Waals surface area contributed by atoms with E-state index >= 15 is 0 Å². The van der Waals surface area contributed by atoms with Crippen LogP contribution in [0, 0.1) is 6.92 Å². The van der Waals surface area contributed by atoms with Crippen LogP contribution in [0.5, 0.6) is 0 Å². The molecule has 1 heterocycles. The van der Waals surface area contributed by atoms with Gasteiger partial charge in [0.15, 0.2) is 5.96 Å². The van der Waals surface area contributed by atoms with Crippen molar-refractivity contribution < 1.29 is 0 Å². The second-order valence-electron chi connectivity index (χ2n) is 7.54. The van der Waals surface area contributed by atoms with Gasteiger partial charge < -0.3 is 20.4 Å². The van der Waals surface area contributed by atoms with Gasteiger partial charge in [-0.15, -0.1) is 0 Å². The first-order chi connectivity index (χ1) is 12.6. The molecule has 1 saturated heterocycles. The highest BCUT2D eigenvalue weighted by Crippen LogP contribution is 2.14. The molecule has 2 N–H and O–H groups in total. The summed E-state index contributed by atoms with van der Waals surface area (Å²) in [5.41, 5.74) is 2.67. The quantitative estimate of drug-likeness (QED) is 0.445. The second kappa shape index (κ2) is 11.2. The average molecular weight is 360 g/mol. The van der Waals surface area contributed by atoms with Crippen molar-refractivity contribution >= 4 is 5.96 Å². The highest BCUT2D eigenvalue weighted by Gasteiger charge is 2.11. The number of likely N-dealkylation sites (N-methyl/N-ethyl adjacent to an activating group) is 1. The van der Waals surface area contributed by atoms with Crippen LogP contribution in [0.15, 0.2) is 29.3 Å². The molecule has 1 aromatic carbocycles. The molecule has 1 aliphatic heterocycles. The summed E-state index contributed by atoms with van der Waals surface area (Å²) < 4.78 is 0. The van der Waals surface area contributed by atoms with E-state index in [-0.39, 0.29) is 0 Å². The third-order valence-electron chi connectivity index (χ3n) is 5.20. The average Bonchev–Trinajstić information content (AvgIpc) is 2.85. The zero-order chi connectivity index (χ0) is 18.8. The lowest BCUT2D eigenvalue weighted by Gasteiger charge is -2.20. The van der Waals surface area contributed by atoms with Crippen LogP contribution in [0.25, 0.3) is 0 Å². The summed E-state index contributed by atoms with van der Waals surface area (Å²) in [5, 5.41) is 6.91. The van der Waals surface area contributed by atoms with E-state index in [2.05, 4.69) is 70.6 Å². The summed E-state index contributed by atoms with van der Waals surface area (Å²) in [6, 6.07) is 8.80. The van der Waals surface area contributed by atoms with E-state index in [1.165, 1.54) is 43.7 Å². The van der Waals surface area contributed by atoms with E-state index < -0.39 is 0 Å². The Morgan fingerprint density at radius 3 is 2.62 bits per heavy atom. The minimum absolute atomic E-state index is 0.461. The molecule has 0 aliphatic carbocycles. The maximum Gasteiger partial charge on any atom is 0.190 e. The minimum Gasteiger partial charge on any atom is -0.356 e. The van der Waals surface area contributed by atoms with Gasteiger partial charge >= 0.3 is 0 Å². The van der Waals surface area contributed by atoms with Crippen LogP contribution < -0.4 is 10.6 Å². The van der Waals surface area contributed by atoms with Gasteiger partial charge in [0.2, 0.25) is 0 Å². The van der Waals surface area contributed by atoms with Crippen LogP contribution in [-0.2, 0) is 0 Å². The minimum atomic E-state index is 0.461. The number of nitrogens with one attached hydrogen (secondary N) is 2. The molecule has 5 heteroatoms. The van der Waals surface area contributed by atoms with Gasteiger partial charge in [0, 0.05) is 33.2 Å². The monoisotopic (exact) mass is 359 g/mol. The topological polar surface area (TPSA) is 42.9 Å². The van der Waals surface area contributed by atoms with E-state index in [0.717, 1.165) is 32.0 Å². The van der Waals surface area contributed by atoms with Crippen molar-refractivity contribution in [1.29, 1.82) is 0 Å². The van der Waals surface area contributed by atoms with Crippen LogP contribution >= 0.6 is 0 Å². The molecule has 1 aliphatic rings. The molecule has 2 rings (SSSR count). The predicted octanol–water partition coefficient (Wildman–Crippen LogP) is 2.29. The van der Waals surface area contributed by atoms with Crippen molar-refractivity contribution in [2.75, 3.05) is 59.9 Å². The smallest absolute Gasteiger partial charge is 0.190 e. The number of rotatable bonds is 7. The normalized spacial score (nSPS) is 18.4. The fraction of sp³-hybridized carbons (Fsp3) is 0.667. The first-order valence-corrected chi connectivity index (χ1v) is 10.0. The van der Waals surface area contributed by atoms with Gasteiger partial charge in [0.1, 0.15) is 0 Å². The van der Waals surface area contributed by atoms with Crippen molar-refractivity contribution in [1.82, 2.24) is 20.4 Å². The zero-order valence-electron chi connectivity index (χ0n) is 17.1. The Morgan fingerprint density at radius 1 is 1.12 bits per heavy atom. The lowest BCUT2D eigenvalue weighted by atomic mass is 10.0. The number of aryl methyl sites for hydroxylation is 1. The summed E-state index contributed by atoms with van der Waals surface area (Å²) in [5.74, 6) is 1.36. The number of hydrogen-bond acceptors (Lipinski definition) is 3. The molecular formula is C21H37N5. The molecule has 1 atom stereocenters. The second-order valence-corrected chi connectivity index (χ2v) is 7.54. The summed E-state index contributed by atoms with van der Waals surface area (Å²) in [4.78, 5) is 9.37. The Kier molecular flexibility index (Phi) is 8.92. The molecule has 1 aromatic rings. The van der Waals surface area contributed by atoms with Crippen molar-refractivity contribution in [3.8, 4) is 0 Å². The summed E-state index contributed by atoms with van der Waals surface area (Å²) >= 11 is 0. The number of guanidine groups is 1. The zero-order valence-corrected chi connectivity index (χ0v) is 17.1.